The molecular formula is C19H23NOS. The average molecular weight is 313 g/mol. The fraction of sp³-hybridized carbons (Fsp3) is 0.474. The van der Waals surface area contributed by atoms with Crippen LogP contribution in [0.5, 0.6) is 0 Å². The lowest BCUT2D eigenvalue weighted by atomic mass is 9.80. The monoisotopic (exact) mass is 313 g/mol. The van der Waals surface area contributed by atoms with Crippen LogP contribution in [0.4, 0.5) is 0 Å². The second-order valence-electron chi connectivity index (χ2n) is 6.63. The van der Waals surface area contributed by atoms with Gasteiger partial charge in [-0.3, -0.25) is 0 Å². The van der Waals surface area contributed by atoms with E-state index in [0.717, 1.165) is 11.7 Å². The lowest BCUT2D eigenvalue weighted by Gasteiger charge is -2.36. The topological polar surface area (TPSA) is 12.5 Å². The van der Waals surface area contributed by atoms with Crippen LogP contribution in [0.1, 0.15) is 19.3 Å². The minimum absolute atomic E-state index is 0.415. The third-order valence-corrected chi connectivity index (χ3v) is 6.60. The van der Waals surface area contributed by atoms with Crippen molar-refractivity contribution in [3.63, 3.8) is 0 Å². The van der Waals surface area contributed by atoms with Gasteiger partial charge in [0.2, 0.25) is 0 Å². The van der Waals surface area contributed by atoms with Gasteiger partial charge in [0.1, 0.15) is 5.76 Å². The van der Waals surface area contributed by atoms with Crippen molar-refractivity contribution in [2.75, 3.05) is 20.1 Å². The van der Waals surface area contributed by atoms with E-state index in [-0.39, 0.29) is 0 Å². The highest BCUT2D eigenvalue weighted by atomic mass is 32.2. The Morgan fingerprint density at radius 3 is 2.91 bits per heavy atom. The number of fused-ring (bicyclic) bond motifs is 1. The standard InChI is InChI=1S/C19H23NOS/c1-20-11-9-14(10-12-20)16-6-4-7-17-19(16)22-18-8-3-2-5-15(18)13-21-17/h2-5,7-8,13-14,16,18H,6,9-12H2,1H3. The van der Waals surface area contributed by atoms with Crippen molar-refractivity contribution < 1.29 is 4.74 Å². The largest absolute Gasteiger partial charge is 0.464 e. The first kappa shape index (κ1) is 14.4. The van der Waals surface area contributed by atoms with Crippen LogP contribution < -0.4 is 0 Å². The highest BCUT2D eigenvalue weighted by molar-refractivity contribution is 8.04. The zero-order valence-electron chi connectivity index (χ0n) is 13.1. The zero-order chi connectivity index (χ0) is 14.9. The SMILES string of the molecule is CN1CCC(C2CC=CC3=C2SC2C=CC=CC2=CO3)CC1. The summed E-state index contributed by atoms with van der Waals surface area (Å²) in [4.78, 5) is 3.93. The Balaban J connectivity index is 1.58. The van der Waals surface area contributed by atoms with E-state index in [4.69, 9.17) is 4.74 Å². The van der Waals surface area contributed by atoms with Crippen molar-refractivity contribution in [2.24, 2.45) is 11.8 Å². The maximum absolute atomic E-state index is 6.03. The molecule has 0 aromatic carbocycles. The van der Waals surface area contributed by atoms with Gasteiger partial charge in [-0.15, -0.1) is 11.8 Å². The third kappa shape index (κ3) is 2.72. The molecule has 2 heterocycles. The molecule has 2 aliphatic carbocycles. The van der Waals surface area contributed by atoms with Crippen LogP contribution in [0.3, 0.4) is 0 Å². The number of hydrogen-bond acceptors (Lipinski definition) is 3. The molecule has 0 radical (unpaired) electrons. The molecule has 4 rings (SSSR count). The number of thioether (sulfide) groups is 1. The van der Waals surface area contributed by atoms with E-state index >= 15 is 0 Å². The molecule has 2 nitrogen and oxygen atoms in total. The van der Waals surface area contributed by atoms with Gasteiger partial charge in [-0.2, -0.15) is 0 Å². The van der Waals surface area contributed by atoms with Crippen LogP contribution in [-0.2, 0) is 4.74 Å². The molecule has 2 unspecified atom stereocenters. The quantitative estimate of drug-likeness (QED) is 0.718. The second kappa shape index (κ2) is 6.13. The molecule has 0 N–H and O–H groups in total. The number of likely N-dealkylation sites (tertiary alicyclic amines) is 1. The lowest BCUT2D eigenvalue weighted by molar-refractivity contribution is 0.184. The van der Waals surface area contributed by atoms with Crippen molar-refractivity contribution >= 4 is 11.8 Å². The molecule has 1 saturated heterocycles. The highest BCUT2D eigenvalue weighted by Gasteiger charge is 2.34. The molecule has 2 aliphatic heterocycles. The van der Waals surface area contributed by atoms with Crippen molar-refractivity contribution in [1.29, 1.82) is 0 Å². The summed E-state index contributed by atoms with van der Waals surface area (Å²) >= 11 is 2.01. The van der Waals surface area contributed by atoms with E-state index < -0.39 is 0 Å². The molecular weight excluding hydrogens is 290 g/mol. The predicted octanol–water partition coefficient (Wildman–Crippen LogP) is 4.26. The fourth-order valence-corrected chi connectivity index (χ4v) is 5.20. The summed E-state index contributed by atoms with van der Waals surface area (Å²) in [6.45, 7) is 2.46. The van der Waals surface area contributed by atoms with Gasteiger partial charge in [0.25, 0.3) is 0 Å². The summed E-state index contributed by atoms with van der Waals surface area (Å²) in [7, 11) is 2.24. The molecule has 22 heavy (non-hydrogen) atoms. The van der Waals surface area contributed by atoms with E-state index in [2.05, 4.69) is 48.4 Å². The van der Waals surface area contributed by atoms with Gasteiger partial charge in [-0.1, -0.05) is 30.4 Å². The van der Waals surface area contributed by atoms with Crippen molar-refractivity contribution in [1.82, 2.24) is 4.90 Å². The molecule has 1 fully saturated rings. The average Bonchev–Trinajstić information content (AvgIpc) is 2.75. The van der Waals surface area contributed by atoms with Crippen LogP contribution in [0.2, 0.25) is 0 Å². The summed E-state index contributed by atoms with van der Waals surface area (Å²) in [5, 5.41) is 0.415. The number of ether oxygens (including phenoxy) is 1. The van der Waals surface area contributed by atoms with Crippen molar-refractivity contribution in [2.45, 2.75) is 24.5 Å². The Labute approximate surface area is 137 Å². The highest BCUT2D eigenvalue weighted by Crippen LogP contribution is 2.47. The molecule has 3 heteroatoms. The first-order chi connectivity index (χ1) is 10.8. The van der Waals surface area contributed by atoms with Crippen LogP contribution in [0.25, 0.3) is 0 Å². The summed E-state index contributed by atoms with van der Waals surface area (Å²) in [6, 6.07) is 0. The Hall–Kier alpha value is -1.19. The number of rotatable bonds is 1. The van der Waals surface area contributed by atoms with Gasteiger partial charge in [0.15, 0.2) is 0 Å². The Kier molecular flexibility index (Phi) is 4.01. The molecule has 4 aliphatic rings. The summed E-state index contributed by atoms with van der Waals surface area (Å²) in [5.41, 5.74) is 1.28. The molecule has 0 aromatic heterocycles. The molecule has 0 spiro atoms. The third-order valence-electron chi connectivity index (χ3n) is 5.16. The molecule has 116 valence electrons. The Bertz CT molecular complexity index is 591. The lowest BCUT2D eigenvalue weighted by Crippen LogP contribution is -2.34. The van der Waals surface area contributed by atoms with Gasteiger partial charge in [-0.25, -0.2) is 0 Å². The van der Waals surface area contributed by atoms with E-state index in [9.17, 15) is 0 Å². The minimum Gasteiger partial charge on any atom is -0.464 e. The number of hydrogen-bond donors (Lipinski definition) is 0. The predicted molar refractivity (Wildman–Crippen MR) is 93.3 cm³/mol. The normalized spacial score (nSPS) is 32.1. The number of piperidine rings is 1. The molecule has 0 aromatic rings. The van der Waals surface area contributed by atoms with Gasteiger partial charge < -0.3 is 9.64 Å². The van der Waals surface area contributed by atoms with Gasteiger partial charge in [0, 0.05) is 10.5 Å². The number of nitrogens with zero attached hydrogens (tertiary/aromatic N) is 1. The second-order valence-corrected chi connectivity index (χ2v) is 7.82. The summed E-state index contributed by atoms with van der Waals surface area (Å²) in [5.74, 6) is 2.53. The van der Waals surface area contributed by atoms with Crippen LogP contribution in [-0.4, -0.2) is 30.3 Å². The summed E-state index contributed by atoms with van der Waals surface area (Å²) in [6.07, 6.45) is 18.9. The van der Waals surface area contributed by atoms with E-state index in [1.807, 2.05) is 18.0 Å². The zero-order valence-corrected chi connectivity index (χ0v) is 13.9. The molecule has 0 amide bonds. The van der Waals surface area contributed by atoms with Crippen molar-refractivity contribution in [3.05, 3.63) is 59.0 Å². The van der Waals surface area contributed by atoms with Gasteiger partial charge in [0.05, 0.1) is 11.5 Å². The van der Waals surface area contributed by atoms with Crippen molar-refractivity contribution in [3.8, 4) is 0 Å². The van der Waals surface area contributed by atoms with E-state index in [1.165, 1.54) is 42.8 Å². The van der Waals surface area contributed by atoms with Gasteiger partial charge in [-0.05, 0) is 57.3 Å². The maximum atomic E-state index is 6.03. The first-order valence-electron chi connectivity index (χ1n) is 8.29. The van der Waals surface area contributed by atoms with E-state index in [1.54, 1.807) is 0 Å². The van der Waals surface area contributed by atoms with Crippen LogP contribution in [0.15, 0.2) is 59.0 Å². The Morgan fingerprint density at radius 2 is 2.05 bits per heavy atom. The summed E-state index contributed by atoms with van der Waals surface area (Å²) < 4.78 is 6.03. The van der Waals surface area contributed by atoms with Gasteiger partial charge >= 0.3 is 0 Å². The minimum atomic E-state index is 0.415. The smallest absolute Gasteiger partial charge is 0.136 e. The first-order valence-corrected chi connectivity index (χ1v) is 9.17. The van der Waals surface area contributed by atoms with Crippen LogP contribution in [0, 0.1) is 11.8 Å². The molecule has 2 atom stereocenters. The molecule has 0 saturated carbocycles. The van der Waals surface area contributed by atoms with E-state index in [0.29, 0.717) is 11.2 Å². The number of allylic oxidation sites excluding steroid dienone is 6. The molecule has 0 bridgehead atoms. The van der Waals surface area contributed by atoms with Crippen LogP contribution >= 0.6 is 11.8 Å². The Morgan fingerprint density at radius 1 is 1.18 bits per heavy atom. The maximum Gasteiger partial charge on any atom is 0.136 e. The fourth-order valence-electron chi connectivity index (χ4n) is 3.79.